The van der Waals surface area contributed by atoms with Gasteiger partial charge in [-0.2, -0.15) is 5.10 Å². The third kappa shape index (κ3) is 1.82. The largest absolute Gasteiger partial charge is 0.277 e. The number of nitrogens with one attached hydrogen (secondary N) is 1. The van der Waals surface area contributed by atoms with Crippen LogP contribution in [0.4, 0.5) is 0 Å². The van der Waals surface area contributed by atoms with Crippen LogP contribution in [0.15, 0.2) is 28.6 Å². The van der Waals surface area contributed by atoms with Gasteiger partial charge >= 0.3 is 0 Å². The van der Waals surface area contributed by atoms with Crippen molar-refractivity contribution < 1.29 is 8.42 Å². The number of aromatic amines is 1. The van der Waals surface area contributed by atoms with Crippen LogP contribution in [0.2, 0.25) is 0 Å². The van der Waals surface area contributed by atoms with Crippen LogP contribution in [0.5, 0.6) is 0 Å². The van der Waals surface area contributed by atoms with Gasteiger partial charge in [0.1, 0.15) is 4.21 Å². The van der Waals surface area contributed by atoms with E-state index >= 15 is 0 Å². The summed E-state index contributed by atoms with van der Waals surface area (Å²) in [4.78, 5) is 0.793. The Morgan fingerprint density at radius 2 is 2.14 bits per heavy atom. The van der Waals surface area contributed by atoms with Crippen molar-refractivity contribution in [2.24, 2.45) is 0 Å². The summed E-state index contributed by atoms with van der Waals surface area (Å²) in [5.41, 5.74) is 0.779. The Kier molecular flexibility index (Phi) is 2.34. The van der Waals surface area contributed by atoms with Crippen molar-refractivity contribution in [2.45, 2.75) is 4.21 Å². The van der Waals surface area contributed by atoms with Crippen molar-refractivity contribution in [2.75, 3.05) is 0 Å². The van der Waals surface area contributed by atoms with E-state index in [2.05, 4.69) is 10.2 Å². The van der Waals surface area contributed by atoms with E-state index in [-0.39, 0.29) is 4.21 Å². The number of hydrogen-bond acceptors (Lipinski definition) is 4. The highest BCUT2D eigenvalue weighted by atomic mass is 35.7. The molecular weight excluding hydrogens is 244 g/mol. The molecule has 0 atom stereocenters. The highest BCUT2D eigenvalue weighted by Gasteiger charge is 2.13. The van der Waals surface area contributed by atoms with Crippen LogP contribution < -0.4 is 0 Å². The van der Waals surface area contributed by atoms with Gasteiger partial charge in [0.15, 0.2) is 0 Å². The lowest BCUT2D eigenvalue weighted by atomic mass is 10.3. The van der Waals surface area contributed by atoms with Crippen molar-refractivity contribution in [3.05, 3.63) is 24.4 Å². The van der Waals surface area contributed by atoms with Gasteiger partial charge in [0.05, 0.1) is 10.6 Å². The molecule has 0 bridgehead atoms. The Hall–Kier alpha value is -0.850. The molecule has 0 saturated carbocycles. The number of thiophene rings is 1. The second-order valence-electron chi connectivity index (χ2n) is 2.53. The number of nitrogens with zero attached hydrogens (tertiary/aromatic N) is 1. The molecule has 74 valence electrons. The van der Waals surface area contributed by atoms with E-state index in [0.29, 0.717) is 0 Å². The van der Waals surface area contributed by atoms with Crippen LogP contribution >= 0.6 is 22.0 Å². The molecular formula is C7H5ClN2O2S2. The molecule has 2 aromatic rings. The van der Waals surface area contributed by atoms with E-state index in [1.807, 2.05) is 0 Å². The van der Waals surface area contributed by atoms with E-state index in [9.17, 15) is 8.42 Å². The molecule has 0 aliphatic heterocycles. The number of rotatable bonds is 2. The fraction of sp³-hybridized carbons (Fsp3) is 0. The van der Waals surface area contributed by atoms with Gasteiger partial charge in [0, 0.05) is 16.9 Å². The van der Waals surface area contributed by atoms with Gasteiger partial charge in [-0.15, -0.1) is 11.3 Å². The van der Waals surface area contributed by atoms with Gasteiger partial charge in [-0.05, 0) is 18.2 Å². The lowest BCUT2D eigenvalue weighted by molar-refractivity contribution is 0.611. The first-order valence-electron chi connectivity index (χ1n) is 3.61. The zero-order valence-corrected chi connectivity index (χ0v) is 9.16. The predicted molar refractivity (Wildman–Crippen MR) is 54.9 cm³/mol. The molecule has 2 heterocycles. The second kappa shape index (κ2) is 3.38. The topological polar surface area (TPSA) is 62.8 Å². The minimum atomic E-state index is -3.62. The van der Waals surface area contributed by atoms with Gasteiger partial charge < -0.3 is 0 Å². The molecule has 0 radical (unpaired) electrons. The standard InChI is InChI=1S/C7H5ClN2O2S2/c8-14(11,12)7-2-1-6(13-7)5-3-4-9-10-5/h1-4H,(H,9,10). The van der Waals surface area contributed by atoms with E-state index in [1.165, 1.54) is 6.07 Å². The van der Waals surface area contributed by atoms with Crippen molar-refractivity contribution in [3.8, 4) is 10.6 Å². The summed E-state index contributed by atoms with van der Waals surface area (Å²) in [6.07, 6.45) is 1.60. The third-order valence-electron chi connectivity index (χ3n) is 1.59. The molecule has 7 heteroatoms. The quantitative estimate of drug-likeness (QED) is 0.828. The molecule has 0 spiro atoms. The third-order valence-corrected chi connectivity index (χ3v) is 4.80. The molecule has 0 saturated heterocycles. The molecule has 0 fully saturated rings. The number of H-pyrrole nitrogens is 1. The average Bonchev–Trinajstić information content (AvgIpc) is 2.73. The second-order valence-corrected chi connectivity index (χ2v) is 6.40. The van der Waals surface area contributed by atoms with Crippen molar-refractivity contribution in [1.82, 2.24) is 10.2 Å². The maximum absolute atomic E-state index is 11.0. The van der Waals surface area contributed by atoms with Crippen LogP contribution in [-0.4, -0.2) is 18.6 Å². The minimum absolute atomic E-state index is 0.142. The minimum Gasteiger partial charge on any atom is -0.277 e. The maximum atomic E-state index is 11.0. The molecule has 0 amide bonds. The zero-order chi connectivity index (χ0) is 10.2. The molecule has 0 aliphatic rings. The van der Waals surface area contributed by atoms with Crippen LogP contribution in [0, 0.1) is 0 Å². The Morgan fingerprint density at radius 3 is 2.64 bits per heavy atom. The summed E-state index contributed by atoms with van der Waals surface area (Å²) < 4.78 is 22.1. The first-order valence-corrected chi connectivity index (χ1v) is 6.74. The summed E-state index contributed by atoms with van der Waals surface area (Å²) >= 11 is 1.11. The smallest absolute Gasteiger partial charge is 0.270 e. The van der Waals surface area contributed by atoms with E-state index in [0.717, 1.165) is 21.9 Å². The Balaban J connectivity index is 2.46. The molecule has 0 aromatic carbocycles. The SMILES string of the molecule is O=S(=O)(Cl)c1ccc(-c2ccn[nH]2)s1. The van der Waals surface area contributed by atoms with Crippen LogP contribution in [0.3, 0.4) is 0 Å². The number of aromatic nitrogens is 2. The van der Waals surface area contributed by atoms with E-state index in [1.54, 1.807) is 18.3 Å². The lowest BCUT2D eigenvalue weighted by Crippen LogP contribution is -1.83. The van der Waals surface area contributed by atoms with E-state index < -0.39 is 9.05 Å². The molecule has 0 aliphatic carbocycles. The van der Waals surface area contributed by atoms with Gasteiger partial charge in [-0.25, -0.2) is 8.42 Å². The predicted octanol–water partition coefficient (Wildman–Crippen LogP) is 2.07. The first kappa shape index (κ1) is 9.70. The zero-order valence-electron chi connectivity index (χ0n) is 6.77. The highest BCUT2D eigenvalue weighted by Crippen LogP contribution is 2.30. The first-order chi connectivity index (χ1) is 6.57. The summed E-state index contributed by atoms with van der Waals surface area (Å²) in [5.74, 6) is 0. The van der Waals surface area contributed by atoms with Crippen molar-refractivity contribution in [3.63, 3.8) is 0 Å². The lowest BCUT2D eigenvalue weighted by Gasteiger charge is -1.88. The summed E-state index contributed by atoms with van der Waals surface area (Å²) in [7, 11) is 1.57. The Morgan fingerprint density at radius 1 is 1.36 bits per heavy atom. The number of halogens is 1. The summed E-state index contributed by atoms with van der Waals surface area (Å²) in [6, 6.07) is 4.92. The molecule has 2 rings (SSSR count). The summed E-state index contributed by atoms with van der Waals surface area (Å²) in [5, 5.41) is 6.51. The van der Waals surface area contributed by atoms with Crippen LogP contribution in [-0.2, 0) is 9.05 Å². The van der Waals surface area contributed by atoms with Crippen LogP contribution in [0.1, 0.15) is 0 Å². The van der Waals surface area contributed by atoms with Gasteiger partial charge in [0.2, 0.25) is 0 Å². The molecule has 0 unspecified atom stereocenters. The fourth-order valence-corrected chi connectivity index (χ4v) is 3.04. The van der Waals surface area contributed by atoms with Gasteiger partial charge in [0.25, 0.3) is 9.05 Å². The highest BCUT2D eigenvalue weighted by molar-refractivity contribution is 8.15. The number of hydrogen-bond donors (Lipinski definition) is 1. The normalized spacial score (nSPS) is 11.8. The van der Waals surface area contributed by atoms with Crippen molar-refractivity contribution in [1.29, 1.82) is 0 Å². The van der Waals surface area contributed by atoms with Crippen molar-refractivity contribution >= 4 is 31.1 Å². The van der Waals surface area contributed by atoms with Crippen LogP contribution in [0.25, 0.3) is 10.6 Å². The van der Waals surface area contributed by atoms with E-state index in [4.69, 9.17) is 10.7 Å². The molecule has 1 N–H and O–H groups in total. The molecule has 4 nitrogen and oxygen atoms in total. The summed E-state index contributed by atoms with van der Waals surface area (Å²) in [6.45, 7) is 0. The molecule has 2 aromatic heterocycles. The van der Waals surface area contributed by atoms with Gasteiger partial charge in [-0.3, -0.25) is 5.10 Å². The maximum Gasteiger partial charge on any atom is 0.270 e. The Labute approximate surface area is 89.0 Å². The van der Waals surface area contributed by atoms with Gasteiger partial charge in [-0.1, -0.05) is 0 Å². The molecule has 14 heavy (non-hydrogen) atoms. The average molecular weight is 249 g/mol. The Bertz CT molecular complexity index is 530. The fourth-order valence-electron chi connectivity index (χ4n) is 0.989. The monoisotopic (exact) mass is 248 g/mol.